The van der Waals surface area contributed by atoms with E-state index in [0.717, 1.165) is 30.5 Å². The Morgan fingerprint density at radius 2 is 1.52 bits per heavy atom. The van der Waals surface area contributed by atoms with Crippen LogP contribution in [0, 0.1) is 11.6 Å². The number of rotatable bonds is 3. The van der Waals surface area contributed by atoms with Gasteiger partial charge >= 0.3 is 0 Å². The van der Waals surface area contributed by atoms with Crippen LogP contribution < -0.4 is 4.74 Å². The molecule has 0 amide bonds. The van der Waals surface area contributed by atoms with Crippen molar-refractivity contribution >= 4 is 9.84 Å². The van der Waals surface area contributed by atoms with Crippen molar-refractivity contribution in [1.82, 2.24) is 0 Å². The van der Waals surface area contributed by atoms with Gasteiger partial charge in [-0.05, 0) is 12.1 Å². The number of sulfone groups is 1. The maximum absolute atomic E-state index is 13.8. The molecule has 8 heteroatoms. The summed E-state index contributed by atoms with van der Waals surface area (Å²) in [7, 11) is -3.75. The first-order chi connectivity index (χ1) is 10.7. The minimum absolute atomic E-state index is 0.182. The topological polar surface area (TPSA) is 43.4 Å². The van der Waals surface area contributed by atoms with Gasteiger partial charge in [0.05, 0.1) is 4.90 Å². The molecule has 0 saturated carbocycles. The van der Waals surface area contributed by atoms with E-state index in [0.29, 0.717) is 6.07 Å². The lowest BCUT2D eigenvalue weighted by molar-refractivity contribution is 0.124. The van der Waals surface area contributed by atoms with Crippen LogP contribution in [0.3, 0.4) is 0 Å². The van der Waals surface area contributed by atoms with Crippen LogP contribution in [0.25, 0.3) is 0 Å². The highest BCUT2D eigenvalue weighted by molar-refractivity contribution is 7.90. The summed E-state index contributed by atoms with van der Waals surface area (Å²) < 4.78 is 82.3. The Kier molecular flexibility index (Phi) is 3.59. The molecule has 2 aromatic rings. The number of hydrogen-bond acceptors (Lipinski definition) is 3. The molecule has 3 rings (SSSR count). The molecule has 3 nitrogen and oxygen atoms in total. The predicted molar refractivity (Wildman–Crippen MR) is 73.7 cm³/mol. The zero-order valence-electron chi connectivity index (χ0n) is 11.7. The van der Waals surface area contributed by atoms with Crippen LogP contribution in [0.15, 0.2) is 35.2 Å². The van der Waals surface area contributed by atoms with Crippen LogP contribution in [-0.4, -0.2) is 14.7 Å². The summed E-state index contributed by atoms with van der Waals surface area (Å²) in [6.07, 6.45) is -3.26. The molecule has 0 radical (unpaired) electrons. The lowest BCUT2D eigenvalue weighted by Crippen LogP contribution is -2.22. The summed E-state index contributed by atoms with van der Waals surface area (Å²) >= 11 is 0. The number of benzene rings is 2. The minimum atomic E-state index is -3.75. The summed E-state index contributed by atoms with van der Waals surface area (Å²) in [6.45, 7) is 0. The predicted octanol–water partition coefficient (Wildman–Crippen LogP) is 4.20. The Balaban J connectivity index is 2.09. The Labute approximate surface area is 129 Å². The van der Waals surface area contributed by atoms with Crippen LogP contribution >= 0.6 is 0 Å². The van der Waals surface area contributed by atoms with E-state index in [1.165, 1.54) is 0 Å². The summed E-state index contributed by atoms with van der Waals surface area (Å²) in [5, 5.41) is 0. The average Bonchev–Trinajstić information content (AvgIpc) is 2.43. The highest BCUT2D eigenvalue weighted by Gasteiger charge is 2.45. The second-order valence-electron chi connectivity index (χ2n) is 5.17. The molecule has 2 unspecified atom stereocenters. The van der Waals surface area contributed by atoms with Gasteiger partial charge in [-0.1, -0.05) is 0 Å². The number of halogens is 4. The zero-order valence-corrected chi connectivity index (χ0v) is 12.5. The molecule has 2 aromatic carbocycles. The third-order valence-electron chi connectivity index (χ3n) is 3.48. The van der Waals surface area contributed by atoms with E-state index in [1.807, 2.05) is 0 Å². The first kappa shape index (κ1) is 15.8. The Hall–Kier alpha value is -2.09. The standard InChI is InChI=1S/C15H10F4O3S/c1-23(20,21)11-3-2-10(12-13(11)15(19)14(12)18)22-9-5-7(16)4-8(17)6-9/h2-6,14-15H,1H3. The molecule has 0 heterocycles. The third kappa shape index (κ3) is 2.67. The average molecular weight is 346 g/mol. The summed E-state index contributed by atoms with van der Waals surface area (Å²) in [5.74, 6) is -2.22. The van der Waals surface area contributed by atoms with Gasteiger partial charge in [-0.2, -0.15) is 0 Å². The second kappa shape index (κ2) is 5.23. The largest absolute Gasteiger partial charge is 0.457 e. The van der Waals surface area contributed by atoms with E-state index in [-0.39, 0.29) is 27.5 Å². The van der Waals surface area contributed by atoms with Gasteiger partial charge in [-0.25, -0.2) is 26.0 Å². The molecule has 1 aliphatic rings. The Bertz CT molecular complexity index is 876. The fourth-order valence-electron chi connectivity index (χ4n) is 2.49. The van der Waals surface area contributed by atoms with Crippen molar-refractivity contribution < 1.29 is 30.7 Å². The van der Waals surface area contributed by atoms with Gasteiger partial charge in [0.15, 0.2) is 22.2 Å². The van der Waals surface area contributed by atoms with Gasteiger partial charge < -0.3 is 4.74 Å². The quantitative estimate of drug-likeness (QED) is 0.783. The summed E-state index contributed by atoms with van der Waals surface area (Å²) in [5.41, 5.74) is -0.570. The molecule has 122 valence electrons. The van der Waals surface area contributed by atoms with Crippen molar-refractivity contribution in [3.8, 4) is 11.5 Å². The lowest BCUT2D eigenvalue weighted by atomic mass is 9.84. The van der Waals surface area contributed by atoms with Crippen molar-refractivity contribution in [2.45, 2.75) is 17.2 Å². The number of hydrogen-bond donors (Lipinski definition) is 0. The van der Waals surface area contributed by atoms with Crippen molar-refractivity contribution in [1.29, 1.82) is 0 Å². The molecule has 2 atom stereocenters. The molecule has 0 aromatic heterocycles. The molecule has 0 saturated heterocycles. The normalized spacial score (nSPS) is 19.9. The van der Waals surface area contributed by atoms with E-state index >= 15 is 0 Å². The van der Waals surface area contributed by atoms with Gasteiger partial charge in [0.1, 0.15) is 23.1 Å². The van der Waals surface area contributed by atoms with Crippen molar-refractivity contribution in [3.63, 3.8) is 0 Å². The Morgan fingerprint density at radius 1 is 0.957 bits per heavy atom. The van der Waals surface area contributed by atoms with E-state index < -0.39 is 33.8 Å². The van der Waals surface area contributed by atoms with E-state index in [1.54, 1.807) is 0 Å². The van der Waals surface area contributed by atoms with E-state index in [9.17, 15) is 26.0 Å². The SMILES string of the molecule is CS(=O)(=O)c1ccc(Oc2cc(F)cc(F)c2)c2c1C(F)C2F. The number of alkyl halides is 2. The molecule has 0 spiro atoms. The molecule has 1 aliphatic carbocycles. The van der Waals surface area contributed by atoms with Crippen LogP contribution in [0.2, 0.25) is 0 Å². The monoisotopic (exact) mass is 346 g/mol. The van der Waals surface area contributed by atoms with E-state index in [4.69, 9.17) is 4.74 Å². The summed E-state index contributed by atoms with van der Waals surface area (Å²) in [4.78, 5) is -0.327. The highest BCUT2D eigenvalue weighted by atomic mass is 32.2. The lowest BCUT2D eigenvalue weighted by Gasteiger charge is -2.32. The fourth-order valence-corrected chi connectivity index (χ4v) is 3.43. The van der Waals surface area contributed by atoms with Gasteiger partial charge in [-0.3, -0.25) is 0 Å². The molecular weight excluding hydrogens is 336 g/mol. The minimum Gasteiger partial charge on any atom is -0.457 e. The van der Waals surface area contributed by atoms with E-state index in [2.05, 4.69) is 0 Å². The smallest absolute Gasteiger partial charge is 0.175 e. The van der Waals surface area contributed by atoms with Crippen molar-refractivity contribution in [2.24, 2.45) is 0 Å². The molecular formula is C15H10F4O3S. The first-order valence-corrected chi connectivity index (χ1v) is 8.36. The first-order valence-electron chi connectivity index (χ1n) is 6.47. The molecule has 0 N–H and O–H groups in total. The van der Waals surface area contributed by atoms with Gasteiger partial charge in [0, 0.05) is 35.6 Å². The molecule has 0 bridgehead atoms. The fraction of sp³-hybridized carbons (Fsp3) is 0.200. The van der Waals surface area contributed by atoms with Crippen LogP contribution in [0.5, 0.6) is 11.5 Å². The van der Waals surface area contributed by atoms with Gasteiger partial charge in [0.25, 0.3) is 0 Å². The van der Waals surface area contributed by atoms with Crippen LogP contribution in [0.1, 0.15) is 23.5 Å². The molecule has 0 aliphatic heterocycles. The third-order valence-corrected chi connectivity index (χ3v) is 4.63. The molecule has 23 heavy (non-hydrogen) atoms. The van der Waals surface area contributed by atoms with Crippen LogP contribution in [0.4, 0.5) is 17.6 Å². The van der Waals surface area contributed by atoms with Crippen molar-refractivity contribution in [3.05, 3.63) is 53.1 Å². The second-order valence-corrected chi connectivity index (χ2v) is 7.16. The number of fused-ring (bicyclic) bond motifs is 1. The summed E-state index contributed by atoms with van der Waals surface area (Å²) in [6, 6.07) is 4.60. The van der Waals surface area contributed by atoms with Gasteiger partial charge in [0.2, 0.25) is 0 Å². The van der Waals surface area contributed by atoms with Crippen LogP contribution in [-0.2, 0) is 9.84 Å². The Morgan fingerprint density at radius 3 is 2.09 bits per heavy atom. The maximum Gasteiger partial charge on any atom is 0.175 e. The molecule has 0 fully saturated rings. The van der Waals surface area contributed by atoms with Gasteiger partial charge in [-0.15, -0.1) is 0 Å². The number of ether oxygens (including phenoxy) is 1. The highest BCUT2D eigenvalue weighted by Crippen LogP contribution is 2.55. The zero-order chi connectivity index (χ0) is 16.9. The van der Waals surface area contributed by atoms with Crippen molar-refractivity contribution in [2.75, 3.05) is 6.26 Å². The maximum atomic E-state index is 13.8.